The monoisotopic (exact) mass is 390 g/mol. The highest BCUT2D eigenvalue weighted by atomic mass is 16.4. The maximum Gasteiger partial charge on any atom is 0.306 e. The summed E-state index contributed by atoms with van der Waals surface area (Å²) in [5, 5.41) is 45.7. The van der Waals surface area contributed by atoms with Crippen LogP contribution in [0.1, 0.15) is 25.7 Å². The molecule has 0 aliphatic carbocycles. The Morgan fingerprint density at radius 3 is 1.27 bits per heavy atom. The van der Waals surface area contributed by atoms with Crippen molar-refractivity contribution in [3.63, 3.8) is 0 Å². The number of aliphatic hydroxyl groups is 1. The first-order valence-corrected chi connectivity index (χ1v) is 5.98. The topological polar surface area (TPSA) is 361 Å². The fourth-order valence-corrected chi connectivity index (χ4v) is 2.17. The van der Waals surface area contributed by atoms with E-state index in [1.807, 2.05) is 0 Å². The van der Waals surface area contributed by atoms with Gasteiger partial charge in [0.1, 0.15) is 5.60 Å². The van der Waals surface area contributed by atoms with Crippen LogP contribution in [0.2, 0.25) is 0 Å². The molecule has 15 heteroatoms. The molecular weight excluding hydrogens is 360 g/mol. The van der Waals surface area contributed by atoms with E-state index in [4.69, 9.17) is 31.9 Å². The SMILES string of the molecule is N.N.N.N.NC(CC(=O)O)C(O)(CC(=O)O)C(N)(CC(=O)O)CC(=O)O. The number of nitrogens with two attached hydrogens (primary N) is 2. The second-order valence-electron chi connectivity index (χ2n) is 5.00. The van der Waals surface area contributed by atoms with Gasteiger partial charge in [0.15, 0.2) is 0 Å². The van der Waals surface area contributed by atoms with Gasteiger partial charge < -0.3 is 61.6 Å². The third kappa shape index (κ3) is 9.18. The maximum atomic E-state index is 10.9. The van der Waals surface area contributed by atoms with Gasteiger partial charge in [-0.3, -0.25) is 19.2 Å². The summed E-state index contributed by atoms with van der Waals surface area (Å²) >= 11 is 0. The van der Waals surface area contributed by atoms with Crippen molar-refractivity contribution in [3.8, 4) is 0 Å². The molecule has 2 atom stereocenters. The average Bonchev–Trinajstić information content (AvgIpc) is 2.23. The summed E-state index contributed by atoms with van der Waals surface area (Å²) in [4.78, 5) is 43.4. The number of carboxylic acids is 4. The first-order chi connectivity index (χ1) is 9.84. The molecule has 0 aromatic carbocycles. The summed E-state index contributed by atoms with van der Waals surface area (Å²) < 4.78 is 0. The maximum absolute atomic E-state index is 10.9. The largest absolute Gasteiger partial charge is 0.481 e. The first-order valence-electron chi connectivity index (χ1n) is 5.98. The van der Waals surface area contributed by atoms with Crippen LogP contribution in [0.4, 0.5) is 0 Å². The van der Waals surface area contributed by atoms with Crippen molar-refractivity contribution in [1.82, 2.24) is 24.6 Å². The van der Waals surface area contributed by atoms with Gasteiger partial charge >= 0.3 is 23.9 Å². The number of carboxylic acid groups (broad SMARTS) is 4. The van der Waals surface area contributed by atoms with Crippen LogP contribution >= 0.6 is 0 Å². The zero-order chi connectivity index (χ0) is 17.7. The number of carbonyl (C=O) groups is 4. The Balaban J connectivity index is -0.000000367. The van der Waals surface area contributed by atoms with Gasteiger partial charge in [-0.05, 0) is 0 Å². The number of hydrogen-bond acceptors (Lipinski definition) is 11. The van der Waals surface area contributed by atoms with Crippen LogP contribution in [0.25, 0.3) is 0 Å². The van der Waals surface area contributed by atoms with Crippen molar-refractivity contribution < 1.29 is 44.7 Å². The Hall–Kier alpha value is -2.40. The standard InChI is InChI=1S/C11H18N2O9.4H3N/c12-5(1-6(14)15)11(22,4-9(20)21)10(13,2-7(16)17)3-8(18)19;;;;/h5,22H,1-4,12-13H2,(H,14,15)(H,16,17)(H,18,19)(H,20,21);4*1H3. The molecule has 0 saturated heterocycles. The van der Waals surface area contributed by atoms with E-state index >= 15 is 0 Å². The fraction of sp³-hybridized carbons (Fsp3) is 0.636. The van der Waals surface area contributed by atoms with Crippen molar-refractivity contribution in [2.75, 3.05) is 0 Å². The second kappa shape index (κ2) is 12.9. The second-order valence-corrected chi connectivity index (χ2v) is 5.00. The van der Waals surface area contributed by atoms with E-state index in [2.05, 4.69) is 0 Å². The molecule has 0 saturated carbocycles. The minimum Gasteiger partial charge on any atom is -0.481 e. The van der Waals surface area contributed by atoms with Gasteiger partial charge in [-0.1, -0.05) is 0 Å². The Morgan fingerprint density at radius 1 is 0.731 bits per heavy atom. The van der Waals surface area contributed by atoms with Crippen molar-refractivity contribution in [2.24, 2.45) is 11.5 Å². The molecule has 26 heavy (non-hydrogen) atoms. The van der Waals surface area contributed by atoms with Gasteiger partial charge in [-0.25, -0.2) is 0 Å². The molecule has 0 amide bonds. The van der Waals surface area contributed by atoms with Crippen molar-refractivity contribution in [3.05, 3.63) is 0 Å². The molecule has 0 aromatic heterocycles. The molecule has 0 heterocycles. The molecule has 21 N–H and O–H groups in total. The Bertz CT molecular complexity index is 473. The van der Waals surface area contributed by atoms with Crippen LogP contribution in [0.5, 0.6) is 0 Å². The van der Waals surface area contributed by atoms with E-state index in [-0.39, 0.29) is 24.6 Å². The molecule has 0 aromatic rings. The molecule has 0 aliphatic heterocycles. The van der Waals surface area contributed by atoms with E-state index < -0.39 is 66.7 Å². The Kier molecular flexibility index (Phi) is 17.3. The predicted octanol–water partition coefficient (Wildman–Crippen LogP) is -1.71. The van der Waals surface area contributed by atoms with Crippen LogP contribution in [-0.2, 0) is 19.2 Å². The van der Waals surface area contributed by atoms with E-state index in [1.54, 1.807) is 0 Å². The third-order valence-corrected chi connectivity index (χ3v) is 3.22. The Morgan fingerprint density at radius 2 is 1.04 bits per heavy atom. The smallest absolute Gasteiger partial charge is 0.306 e. The normalized spacial score (nSPS) is 13.2. The minimum absolute atomic E-state index is 0. The highest BCUT2D eigenvalue weighted by Crippen LogP contribution is 2.34. The predicted molar refractivity (Wildman–Crippen MR) is 88.9 cm³/mol. The van der Waals surface area contributed by atoms with E-state index in [1.165, 1.54) is 0 Å². The molecule has 2 unspecified atom stereocenters. The molecular formula is C11H30N6O9. The molecule has 158 valence electrons. The van der Waals surface area contributed by atoms with Crippen LogP contribution < -0.4 is 36.1 Å². The zero-order valence-electron chi connectivity index (χ0n) is 14.3. The van der Waals surface area contributed by atoms with Gasteiger partial charge in [0.25, 0.3) is 0 Å². The van der Waals surface area contributed by atoms with Crippen LogP contribution in [0.15, 0.2) is 0 Å². The van der Waals surface area contributed by atoms with Crippen molar-refractivity contribution >= 4 is 23.9 Å². The van der Waals surface area contributed by atoms with Crippen molar-refractivity contribution in [1.29, 1.82) is 0 Å². The zero-order valence-corrected chi connectivity index (χ0v) is 14.3. The lowest BCUT2D eigenvalue weighted by Gasteiger charge is -2.45. The summed E-state index contributed by atoms with van der Waals surface area (Å²) in [7, 11) is 0. The molecule has 0 rings (SSSR count). The quantitative estimate of drug-likeness (QED) is 0.197. The lowest BCUT2D eigenvalue weighted by atomic mass is 9.68. The molecule has 0 fully saturated rings. The van der Waals surface area contributed by atoms with Gasteiger partial charge in [0, 0.05) is 6.04 Å². The average molecular weight is 390 g/mol. The van der Waals surface area contributed by atoms with E-state index in [0.29, 0.717) is 0 Å². The minimum atomic E-state index is -2.76. The van der Waals surface area contributed by atoms with E-state index in [9.17, 15) is 24.3 Å². The summed E-state index contributed by atoms with van der Waals surface area (Å²) in [5.74, 6) is -6.34. The number of rotatable bonds is 10. The summed E-state index contributed by atoms with van der Waals surface area (Å²) in [6.45, 7) is 0. The van der Waals surface area contributed by atoms with Crippen LogP contribution in [-0.4, -0.2) is 66.6 Å². The number of aliphatic carboxylic acids is 4. The van der Waals surface area contributed by atoms with Crippen molar-refractivity contribution in [2.45, 2.75) is 42.9 Å². The molecule has 15 nitrogen and oxygen atoms in total. The summed E-state index contributed by atoms with van der Waals surface area (Å²) in [5.41, 5.74) is 5.90. The summed E-state index contributed by atoms with van der Waals surface area (Å²) in [6, 6.07) is -1.79. The lowest BCUT2D eigenvalue weighted by molar-refractivity contribution is -0.161. The molecule has 0 bridgehead atoms. The first kappa shape index (κ1) is 34.8. The lowest BCUT2D eigenvalue weighted by Crippen LogP contribution is -2.70. The van der Waals surface area contributed by atoms with Crippen LogP contribution in [0, 0.1) is 0 Å². The summed E-state index contributed by atoms with van der Waals surface area (Å²) in [6.07, 6.45) is -4.37. The van der Waals surface area contributed by atoms with Gasteiger partial charge in [-0.15, -0.1) is 0 Å². The van der Waals surface area contributed by atoms with E-state index in [0.717, 1.165) is 0 Å². The number of hydrogen-bond donors (Lipinski definition) is 11. The third-order valence-electron chi connectivity index (χ3n) is 3.22. The van der Waals surface area contributed by atoms with Gasteiger partial charge in [-0.2, -0.15) is 0 Å². The highest BCUT2D eigenvalue weighted by molar-refractivity contribution is 5.76. The Labute approximate surface area is 148 Å². The van der Waals surface area contributed by atoms with Gasteiger partial charge in [0.2, 0.25) is 0 Å². The van der Waals surface area contributed by atoms with Gasteiger partial charge in [0.05, 0.1) is 31.2 Å². The molecule has 0 radical (unpaired) electrons. The highest BCUT2D eigenvalue weighted by Gasteiger charge is 2.55. The molecule has 0 aliphatic rings. The molecule has 0 spiro atoms. The fourth-order valence-electron chi connectivity index (χ4n) is 2.17. The van der Waals surface area contributed by atoms with Crippen LogP contribution in [0.3, 0.4) is 0 Å².